The Morgan fingerprint density at radius 2 is 2.00 bits per heavy atom. The van der Waals surface area contributed by atoms with Crippen molar-refractivity contribution in [1.29, 1.82) is 0 Å². The molecule has 1 atom stereocenters. The summed E-state index contributed by atoms with van der Waals surface area (Å²) in [5, 5.41) is 2.37. The number of benzene rings is 2. The summed E-state index contributed by atoms with van der Waals surface area (Å²) < 4.78 is 36.6. The first kappa shape index (κ1) is 23.1. The smallest absolute Gasteiger partial charge is 0.271 e. The monoisotopic (exact) mass is 491 g/mol. The molecule has 0 spiro atoms. The molecule has 4 rings (SSSR count). The normalized spacial score (nSPS) is 13.3. The van der Waals surface area contributed by atoms with Gasteiger partial charge in [0, 0.05) is 40.0 Å². The van der Waals surface area contributed by atoms with Gasteiger partial charge in [-0.05, 0) is 63.2 Å². The van der Waals surface area contributed by atoms with Crippen molar-refractivity contribution in [2.24, 2.45) is 0 Å². The molecule has 0 saturated carbocycles. The van der Waals surface area contributed by atoms with Crippen LogP contribution in [0.25, 0.3) is 21.0 Å². The number of H-pyrrole nitrogens is 1. The van der Waals surface area contributed by atoms with E-state index in [0.29, 0.717) is 27.1 Å². The lowest BCUT2D eigenvalue weighted by molar-refractivity contribution is 0.0444. The summed E-state index contributed by atoms with van der Waals surface area (Å²) in [6.45, 7) is 5.09. The molecule has 0 bridgehead atoms. The van der Waals surface area contributed by atoms with Gasteiger partial charge in [-0.25, -0.2) is 8.42 Å². The summed E-state index contributed by atoms with van der Waals surface area (Å²) in [4.78, 5) is 5.32. The lowest BCUT2D eigenvalue weighted by Crippen LogP contribution is -2.22. The quantitative estimate of drug-likeness (QED) is 0.327. The third-order valence-electron chi connectivity index (χ3n) is 5.34. The van der Waals surface area contributed by atoms with Gasteiger partial charge >= 0.3 is 0 Å². The second-order valence-corrected chi connectivity index (χ2v) is 11.3. The maximum atomic E-state index is 13.3. The summed E-state index contributed by atoms with van der Waals surface area (Å²) in [5.41, 5.74) is 2.94. The van der Waals surface area contributed by atoms with Crippen molar-refractivity contribution in [3.8, 4) is 0 Å². The Morgan fingerprint density at radius 1 is 1.22 bits per heavy atom. The van der Waals surface area contributed by atoms with E-state index in [2.05, 4.69) is 14.6 Å². The minimum absolute atomic E-state index is 0.120. The number of para-hydroxylation sites is 1. The number of aromatic nitrogens is 1. The molecule has 170 valence electrons. The summed E-state index contributed by atoms with van der Waals surface area (Å²) in [5.74, 6) is 0. The summed E-state index contributed by atoms with van der Waals surface area (Å²) >= 11 is 7.36. The number of aromatic amines is 1. The Morgan fingerprint density at radius 3 is 2.72 bits per heavy atom. The fourth-order valence-corrected chi connectivity index (χ4v) is 6.91. The van der Waals surface area contributed by atoms with Crippen molar-refractivity contribution in [1.82, 2.24) is 9.88 Å². The Labute approximate surface area is 197 Å². The van der Waals surface area contributed by atoms with Crippen LogP contribution in [-0.2, 0) is 14.8 Å². The SMILES string of the molecule is CCOC(CN(C)C)c1c[nH]c2c(NS(=O)(=O)c3sc4ccc(Cl)cc4c3C)cccc12. The third-order valence-corrected chi connectivity index (χ3v) is 8.83. The fourth-order valence-electron chi connectivity index (χ4n) is 3.92. The van der Waals surface area contributed by atoms with Crippen LogP contribution in [0.5, 0.6) is 0 Å². The van der Waals surface area contributed by atoms with Crippen molar-refractivity contribution >= 4 is 59.6 Å². The first-order chi connectivity index (χ1) is 15.2. The maximum absolute atomic E-state index is 13.3. The number of nitrogens with one attached hydrogen (secondary N) is 2. The van der Waals surface area contributed by atoms with Crippen LogP contribution < -0.4 is 4.72 Å². The number of aryl methyl sites for hydroxylation is 1. The van der Waals surface area contributed by atoms with Crippen molar-refractivity contribution in [3.63, 3.8) is 0 Å². The highest BCUT2D eigenvalue weighted by atomic mass is 35.5. The number of hydrogen-bond donors (Lipinski definition) is 2. The van der Waals surface area contributed by atoms with Crippen LogP contribution >= 0.6 is 22.9 Å². The summed E-state index contributed by atoms with van der Waals surface area (Å²) in [6, 6.07) is 11.0. The van der Waals surface area contributed by atoms with E-state index < -0.39 is 10.0 Å². The van der Waals surface area contributed by atoms with Crippen LogP contribution in [0.3, 0.4) is 0 Å². The summed E-state index contributed by atoms with van der Waals surface area (Å²) in [6.07, 6.45) is 1.78. The van der Waals surface area contributed by atoms with E-state index >= 15 is 0 Å². The van der Waals surface area contributed by atoms with Crippen LogP contribution in [0.1, 0.15) is 24.2 Å². The van der Waals surface area contributed by atoms with Gasteiger partial charge in [0.25, 0.3) is 10.0 Å². The van der Waals surface area contributed by atoms with Gasteiger partial charge in [-0.1, -0.05) is 23.7 Å². The number of sulfonamides is 1. The van der Waals surface area contributed by atoms with E-state index in [1.807, 2.05) is 52.3 Å². The van der Waals surface area contributed by atoms with Crippen molar-refractivity contribution in [2.45, 2.75) is 24.2 Å². The van der Waals surface area contributed by atoms with Crippen LogP contribution in [0.2, 0.25) is 5.02 Å². The minimum Gasteiger partial charge on any atom is -0.372 e. The Kier molecular flexibility index (Phi) is 6.51. The molecule has 0 aliphatic heterocycles. The second-order valence-electron chi connectivity index (χ2n) is 7.94. The van der Waals surface area contributed by atoms with Crippen molar-refractivity contribution in [3.05, 3.63) is 58.7 Å². The van der Waals surface area contributed by atoms with Gasteiger partial charge in [0.2, 0.25) is 0 Å². The van der Waals surface area contributed by atoms with E-state index in [1.54, 1.807) is 18.2 Å². The lowest BCUT2D eigenvalue weighted by Gasteiger charge is -2.20. The van der Waals surface area contributed by atoms with E-state index in [1.165, 1.54) is 11.3 Å². The lowest BCUT2D eigenvalue weighted by atomic mass is 10.1. The van der Waals surface area contributed by atoms with E-state index in [9.17, 15) is 8.42 Å². The van der Waals surface area contributed by atoms with Gasteiger partial charge in [-0.3, -0.25) is 4.72 Å². The van der Waals surface area contributed by atoms with E-state index in [0.717, 1.165) is 33.1 Å². The van der Waals surface area contributed by atoms with E-state index in [-0.39, 0.29) is 6.10 Å². The first-order valence-corrected chi connectivity index (χ1v) is 13.0. The molecule has 32 heavy (non-hydrogen) atoms. The summed E-state index contributed by atoms with van der Waals surface area (Å²) in [7, 11) is 0.217. The van der Waals surface area contributed by atoms with Crippen molar-refractivity contribution in [2.75, 3.05) is 32.0 Å². The van der Waals surface area contributed by atoms with E-state index in [4.69, 9.17) is 16.3 Å². The number of hydrogen-bond acceptors (Lipinski definition) is 5. The molecular weight excluding hydrogens is 466 g/mol. The number of nitrogens with zero attached hydrogens (tertiary/aromatic N) is 1. The molecule has 4 aromatic rings. The minimum atomic E-state index is -3.78. The van der Waals surface area contributed by atoms with Crippen LogP contribution in [-0.4, -0.2) is 45.5 Å². The van der Waals surface area contributed by atoms with Gasteiger partial charge in [0.15, 0.2) is 0 Å². The average Bonchev–Trinajstić information content (AvgIpc) is 3.30. The molecule has 0 aliphatic carbocycles. The molecule has 0 fully saturated rings. The highest BCUT2D eigenvalue weighted by molar-refractivity contribution is 7.95. The molecule has 2 heterocycles. The van der Waals surface area contributed by atoms with Gasteiger partial charge in [-0.15, -0.1) is 11.3 Å². The highest BCUT2D eigenvalue weighted by Gasteiger charge is 2.24. The number of likely N-dealkylation sites (N-methyl/N-ethyl adjacent to an activating group) is 1. The number of anilines is 1. The Balaban J connectivity index is 1.73. The van der Waals surface area contributed by atoms with Gasteiger partial charge in [0.1, 0.15) is 4.21 Å². The van der Waals surface area contributed by atoms with Gasteiger partial charge in [-0.2, -0.15) is 0 Å². The van der Waals surface area contributed by atoms with Crippen LogP contribution in [0, 0.1) is 6.92 Å². The highest BCUT2D eigenvalue weighted by Crippen LogP contribution is 2.37. The predicted molar refractivity (Wildman–Crippen MR) is 134 cm³/mol. The molecule has 0 saturated heterocycles. The molecular formula is C23H26ClN3O3S2. The number of ether oxygens (including phenoxy) is 1. The standard InChI is InChI=1S/C23H26ClN3O3S2/c1-5-30-20(13-27(3)4)18-12-25-22-16(18)7-6-8-19(22)26-32(28,29)23-14(2)17-11-15(24)9-10-21(17)31-23/h6-12,20,25-26H,5,13H2,1-4H3. The zero-order valence-corrected chi connectivity index (χ0v) is 20.8. The van der Waals surface area contributed by atoms with Crippen molar-refractivity contribution < 1.29 is 13.2 Å². The first-order valence-electron chi connectivity index (χ1n) is 10.3. The second kappa shape index (κ2) is 9.03. The molecule has 0 aliphatic rings. The molecule has 6 nitrogen and oxygen atoms in total. The molecule has 9 heteroatoms. The van der Waals surface area contributed by atoms with Gasteiger partial charge in [0.05, 0.1) is 17.3 Å². The molecule has 0 amide bonds. The van der Waals surface area contributed by atoms with Crippen LogP contribution in [0.15, 0.2) is 46.8 Å². The molecule has 2 aromatic heterocycles. The Hall–Kier alpha value is -2.10. The van der Waals surface area contributed by atoms with Crippen LogP contribution in [0.4, 0.5) is 5.69 Å². The average molecular weight is 492 g/mol. The number of fused-ring (bicyclic) bond motifs is 2. The molecule has 2 aromatic carbocycles. The molecule has 0 radical (unpaired) electrons. The maximum Gasteiger partial charge on any atom is 0.271 e. The number of halogens is 1. The van der Waals surface area contributed by atoms with Gasteiger partial charge < -0.3 is 14.6 Å². The Bertz CT molecular complexity index is 1380. The molecule has 2 N–H and O–H groups in total. The predicted octanol–water partition coefficient (Wildman–Crippen LogP) is 5.78. The zero-order chi connectivity index (χ0) is 23.0. The molecule has 1 unspecified atom stereocenters. The third kappa shape index (κ3) is 4.38. The largest absolute Gasteiger partial charge is 0.372 e. The zero-order valence-electron chi connectivity index (χ0n) is 18.4. The number of thiophene rings is 1. The number of rotatable bonds is 8. The fraction of sp³-hybridized carbons (Fsp3) is 0.304. The topological polar surface area (TPSA) is 74.4 Å².